The third-order valence-electron chi connectivity index (χ3n) is 3.95. The summed E-state index contributed by atoms with van der Waals surface area (Å²) in [5.74, 6) is 0.0920. The van der Waals surface area contributed by atoms with Crippen LogP contribution in [0, 0.1) is 5.82 Å². The number of aliphatic hydroxyl groups is 1. The average Bonchev–Trinajstić information content (AvgIpc) is 3.22. The molecule has 1 aromatic carbocycles. The highest BCUT2D eigenvalue weighted by Gasteiger charge is 2.24. The second-order valence-electron chi connectivity index (χ2n) is 5.46. The van der Waals surface area contributed by atoms with Gasteiger partial charge in [-0.15, -0.1) is 5.10 Å². The van der Waals surface area contributed by atoms with Crippen LogP contribution < -0.4 is 9.64 Å². The number of methoxy groups -OCH3 is 1. The molecule has 0 bridgehead atoms. The van der Waals surface area contributed by atoms with Gasteiger partial charge < -0.3 is 14.7 Å². The summed E-state index contributed by atoms with van der Waals surface area (Å²) < 4.78 is 20.4. The van der Waals surface area contributed by atoms with Gasteiger partial charge >= 0.3 is 0 Å². The number of hydrogen-bond acceptors (Lipinski definition) is 6. The van der Waals surface area contributed by atoms with E-state index in [4.69, 9.17) is 4.74 Å². The predicted molar refractivity (Wildman–Crippen MR) is 85.6 cm³/mol. The molecule has 8 heteroatoms. The molecule has 0 radical (unpaired) electrons. The minimum Gasteiger partial charge on any atom is -0.496 e. The summed E-state index contributed by atoms with van der Waals surface area (Å²) in [5, 5.41) is 15.1. The summed E-state index contributed by atoms with van der Waals surface area (Å²) >= 11 is 1.47. The van der Waals surface area contributed by atoms with Crippen molar-refractivity contribution < 1.29 is 14.2 Å². The molecule has 3 aromatic rings. The summed E-state index contributed by atoms with van der Waals surface area (Å²) in [6, 6.07) is 4.40. The topological polar surface area (TPSA) is 62.9 Å². The number of β-amino-alcohol motifs (C(OH)–C–C–N with tert-alkyl or cyclic N) is 1. The van der Waals surface area contributed by atoms with Gasteiger partial charge in [-0.1, -0.05) is 11.3 Å². The lowest BCUT2D eigenvalue weighted by molar-refractivity contribution is 0.198. The zero-order valence-corrected chi connectivity index (χ0v) is 13.3. The van der Waals surface area contributed by atoms with Gasteiger partial charge in [-0.3, -0.25) is 0 Å². The molecule has 3 heterocycles. The number of nitrogens with zero attached hydrogens (tertiary/aromatic N) is 4. The van der Waals surface area contributed by atoms with Crippen molar-refractivity contribution in [2.45, 2.75) is 12.5 Å². The number of fused-ring (bicyclic) bond motifs is 1. The van der Waals surface area contributed by atoms with Gasteiger partial charge in [0.05, 0.1) is 25.1 Å². The molecule has 0 spiro atoms. The normalized spacial score (nSPS) is 18.0. The lowest BCUT2D eigenvalue weighted by Crippen LogP contribution is -2.21. The maximum absolute atomic E-state index is 13.4. The lowest BCUT2D eigenvalue weighted by atomic mass is 10.1. The van der Waals surface area contributed by atoms with Gasteiger partial charge in [0, 0.05) is 24.7 Å². The van der Waals surface area contributed by atoms with E-state index in [1.165, 1.54) is 30.6 Å². The minimum absolute atomic E-state index is 0.303. The van der Waals surface area contributed by atoms with Gasteiger partial charge in [0.2, 0.25) is 10.1 Å². The van der Waals surface area contributed by atoms with Crippen molar-refractivity contribution in [2.75, 3.05) is 25.1 Å². The molecule has 4 rings (SSSR count). The van der Waals surface area contributed by atoms with Crippen molar-refractivity contribution in [3.63, 3.8) is 0 Å². The van der Waals surface area contributed by atoms with Crippen molar-refractivity contribution >= 4 is 21.4 Å². The predicted octanol–water partition coefficient (Wildman–Crippen LogP) is 2.18. The lowest BCUT2D eigenvalue weighted by Gasteiger charge is -2.12. The number of benzene rings is 1. The van der Waals surface area contributed by atoms with Gasteiger partial charge in [0.25, 0.3) is 0 Å². The summed E-state index contributed by atoms with van der Waals surface area (Å²) in [4.78, 5) is 7.19. The number of anilines is 1. The Labute approximate surface area is 135 Å². The van der Waals surface area contributed by atoms with E-state index < -0.39 is 0 Å². The third-order valence-corrected chi connectivity index (χ3v) is 4.93. The van der Waals surface area contributed by atoms with E-state index in [9.17, 15) is 9.50 Å². The molecule has 6 nitrogen and oxygen atoms in total. The van der Waals surface area contributed by atoms with E-state index in [1.807, 2.05) is 0 Å². The van der Waals surface area contributed by atoms with Crippen molar-refractivity contribution in [3.8, 4) is 17.0 Å². The Balaban J connectivity index is 1.78. The van der Waals surface area contributed by atoms with Crippen LogP contribution >= 0.6 is 11.3 Å². The van der Waals surface area contributed by atoms with E-state index in [1.54, 1.807) is 16.8 Å². The molecular weight excluding hydrogens is 319 g/mol. The Morgan fingerprint density at radius 2 is 2.30 bits per heavy atom. The van der Waals surface area contributed by atoms with Crippen LogP contribution in [0.25, 0.3) is 16.2 Å². The van der Waals surface area contributed by atoms with Crippen molar-refractivity contribution in [3.05, 3.63) is 30.2 Å². The molecule has 1 aliphatic rings. The highest BCUT2D eigenvalue weighted by Crippen LogP contribution is 2.34. The fourth-order valence-electron chi connectivity index (χ4n) is 2.79. The standard InChI is InChI=1S/C15H15FN4O2S/c1-22-13-6-9(16)2-3-11(13)12-7-17-14-20(12)18-15(23-14)19-5-4-10(21)8-19/h2-3,6-7,10,21H,4-5,8H2,1H3. The number of halogens is 1. The molecule has 0 saturated carbocycles. The van der Waals surface area contributed by atoms with Crippen LogP contribution in [0.4, 0.5) is 9.52 Å². The van der Waals surface area contributed by atoms with Crippen LogP contribution in [0.1, 0.15) is 6.42 Å². The summed E-state index contributed by atoms with van der Waals surface area (Å²) in [7, 11) is 1.51. The highest BCUT2D eigenvalue weighted by molar-refractivity contribution is 7.20. The molecule has 0 aliphatic carbocycles. The van der Waals surface area contributed by atoms with Gasteiger partial charge in [0.15, 0.2) is 0 Å². The Kier molecular flexibility index (Phi) is 3.42. The largest absolute Gasteiger partial charge is 0.496 e. The monoisotopic (exact) mass is 334 g/mol. The van der Waals surface area contributed by atoms with E-state index >= 15 is 0 Å². The molecule has 1 N–H and O–H groups in total. The number of aromatic nitrogens is 3. The molecule has 1 aliphatic heterocycles. The highest BCUT2D eigenvalue weighted by atomic mass is 32.1. The van der Waals surface area contributed by atoms with E-state index in [2.05, 4.69) is 15.0 Å². The Morgan fingerprint density at radius 1 is 1.43 bits per heavy atom. The van der Waals surface area contributed by atoms with Gasteiger partial charge in [-0.25, -0.2) is 13.9 Å². The van der Waals surface area contributed by atoms with Crippen LogP contribution in [0.15, 0.2) is 24.4 Å². The molecule has 2 aromatic heterocycles. The average molecular weight is 334 g/mol. The fourth-order valence-corrected chi connectivity index (χ4v) is 3.70. The molecule has 1 saturated heterocycles. The first kappa shape index (κ1) is 14.4. The van der Waals surface area contributed by atoms with Crippen LogP contribution in [-0.2, 0) is 0 Å². The number of ether oxygens (including phenoxy) is 1. The van der Waals surface area contributed by atoms with E-state index in [0.29, 0.717) is 12.3 Å². The molecule has 1 fully saturated rings. The Hall–Kier alpha value is -2.19. The maximum Gasteiger partial charge on any atom is 0.214 e. The van der Waals surface area contributed by atoms with Crippen molar-refractivity contribution in [1.82, 2.24) is 14.6 Å². The molecule has 23 heavy (non-hydrogen) atoms. The smallest absolute Gasteiger partial charge is 0.214 e. The second kappa shape index (κ2) is 5.47. The van der Waals surface area contributed by atoms with E-state index in [0.717, 1.165) is 34.3 Å². The van der Waals surface area contributed by atoms with Crippen LogP contribution in [0.3, 0.4) is 0 Å². The molecule has 120 valence electrons. The molecule has 0 amide bonds. The van der Waals surface area contributed by atoms with E-state index in [-0.39, 0.29) is 11.9 Å². The number of rotatable bonds is 3. The minimum atomic E-state index is -0.351. The molecular formula is C15H15FN4O2S. The quantitative estimate of drug-likeness (QED) is 0.795. The zero-order chi connectivity index (χ0) is 16.0. The number of imidazole rings is 1. The van der Waals surface area contributed by atoms with Gasteiger partial charge in [0.1, 0.15) is 11.6 Å². The summed E-state index contributed by atoms with van der Waals surface area (Å²) in [6.45, 7) is 1.37. The Bertz CT molecular complexity index is 862. The number of aliphatic hydroxyl groups excluding tert-OH is 1. The number of hydrogen-bond donors (Lipinski definition) is 1. The fraction of sp³-hybridized carbons (Fsp3) is 0.333. The first-order valence-corrected chi connectivity index (χ1v) is 8.09. The van der Waals surface area contributed by atoms with Gasteiger partial charge in [-0.2, -0.15) is 0 Å². The van der Waals surface area contributed by atoms with Crippen molar-refractivity contribution in [2.24, 2.45) is 0 Å². The van der Waals surface area contributed by atoms with Crippen LogP contribution in [0.2, 0.25) is 0 Å². The van der Waals surface area contributed by atoms with Crippen LogP contribution in [0.5, 0.6) is 5.75 Å². The zero-order valence-electron chi connectivity index (χ0n) is 12.4. The Morgan fingerprint density at radius 3 is 3.04 bits per heavy atom. The molecule has 1 unspecified atom stereocenters. The summed E-state index contributed by atoms with van der Waals surface area (Å²) in [6.07, 6.45) is 2.15. The summed E-state index contributed by atoms with van der Waals surface area (Å²) in [5.41, 5.74) is 1.49. The maximum atomic E-state index is 13.4. The first-order valence-electron chi connectivity index (χ1n) is 7.27. The third kappa shape index (κ3) is 2.43. The molecule has 1 atom stereocenters. The van der Waals surface area contributed by atoms with Crippen molar-refractivity contribution in [1.29, 1.82) is 0 Å². The first-order chi connectivity index (χ1) is 11.2. The SMILES string of the molecule is COc1cc(F)ccc1-c1cnc2sc(N3CCC(O)C3)nn12. The van der Waals surface area contributed by atoms with Crippen LogP contribution in [-0.4, -0.2) is 46.0 Å². The van der Waals surface area contributed by atoms with Gasteiger partial charge in [-0.05, 0) is 18.6 Å². The second-order valence-corrected chi connectivity index (χ2v) is 6.39.